The number of nitrogens with two attached hydrogens (primary N) is 1. The zero-order chi connectivity index (χ0) is 16.3. The number of methoxy groups -OCH3 is 1. The lowest BCUT2D eigenvalue weighted by atomic mass is 9.98. The van der Waals surface area contributed by atoms with Gasteiger partial charge in [0.05, 0.1) is 18.7 Å². The van der Waals surface area contributed by atoms with E-state index in [1.807, 2.05) is 0 Å². The smallest absolute Gasteiger partial charge is 0.496 e. The summed E-state index contributed by atoms with van der Waals surface area (Å²) in [6, 6.07) is 8.32. The molecular formula is C15H13F4NO2. The van der Waals surface area contributed by atoms with Gasteiger partial charge in [-0.1, -0.05) is 18.2 Å². The van der Waals surface area contributed by atoms with Crippen LogP contribution in [-0.4, -0.2) is 13.5 Å². The topological polar surface area (TPSA) is 44.5 Å². The van der Waals surface area contributed by atoms with Crippen molar-refractivity contribution in [3.63, 3.8) is 0 Å². The average molecular weight is 315 g/mol. The number of hydrogen-bond acceptors (Lipinski definition) is 3. The third-order valence-corrected chi connectivity index (χ3v) is 3.02. The fourth-order valence-corrected chi connectivity index (χ4v) is 2.04. The molecule has 2 aromatic rings. The van der Waals surface area contributed by atoms with Gasteiger partial charge in [-0.2, -0.15) is 0 Å². The van der Waals surface area contributed by atoms with Gasteiger partial charge < -0.3 is 15.2 Å². The molecule has 0 aliphatic carbocycles. The van der Waals surface area contributed by atoms with Gasteiger partial charge in [-0.25, -0.2) is 4.39 Å². The van der Waals surface area contributed by atoms with Crippen LogP contribution in [0.2, 0.25) is 0 Å². The fourth-order valence-electron chi connectivity index (χ4n) is 2.04. The van der Waals surface area contributed by atoms with Crippen molar-refractivity contribution in [2.24, 2.45) is 5.73 Å². The lowest BCUT2D eigenvalue weighted by Crippen LogP contribution is -2.17. The van der Waals surface area contributed by atoms with Gasteiger partial charge in [0.2, 0.25) is 0 Å². The van der Waals surface area contributed by atoms with E-state index in [2.05, 4.69) is 4.74 Å². The lowest BCUT2D eigenvalue weighted by Gasteiger charge is -2.17. The molecule has 0 aliphatic rings. The second-order valence-electron chi connectivity index (χ2n) is 4.45. The highest BCUT2D eigenvalue weighted by Gasteiger charge is 2.31. The Morgan fingerprint density at radius 2 is 1.68 bits per heavy atom. The third-order valence-electron chi connectivity index (χ3n) is 3.02. The Labute approximate surface area is 124 Å². The molecule has 2 N–H and O–H groups in total. The summed E-state index contributed by atoms with van der Waals surface area (Å²) in [6.07, 6.45) is -4.77. The molecule has 22 heavy (non-hydrogen) atoms. The average Bonchev–Trinajstić information content (AvgIpc) is 2.45. The van der Waals surface area contributed by atoms with E-state index in [4.69, 9.17) is 10.5 Å². The Balaban J connectivity index is 2.29. The molecule has 0 radical (unpaired) electrons. The summed E-state index contributed by atoms with van der Waals surface area (Å²) in [4.78, 5) is 0. The predicted octanol–water partition coefficient (Wildman–Crippen LogP) is 3.78. The number of rotatable bonds is 4. The van der Waals surface area contributed by atoms with Crippen molar-refractivity contribution in [1.29, 1.82) is 0 Å². The molecule has 0 amide bonds. The Bertz CT molecular complexity index is 641. The highest BCUT2D eigenvalue weighted by atomic mass is 19.4. The molecule has 7 heteroatoms. The van der Waals surface area contributed by atoms with E-state index in [1.165, 1.54) is 31.4 Å². The van der Waals surface area contributed by atoms with Crippen molar-refractivity contribution < 1.29 is 27.0 Å². The minimum Gasteiger partial charge on any atom is -0.496 e. The van der Waals surface area contributed by atoms with E-state index in [0.717, 1.165) is 12.1 Å². The first-order valence-corrected chi connectivity index (χ1v) is 6.25. The number of hydrogen-bond donors (Lipinski definition) is 1. The molecule has 3 nitrogen and oxygen atoms in total. The van der Waals surface area contributed by atoms with Gasteiger partial charge in [-0.05, 0) is 29.8 Å². The van der Waals surface area contributed by atoms with Crippen LogP contribution in [-0.2, 0) is 0 Å². The quantitative estimate of drug-likeness (QED) is 0.873. The van der Waals surface area contributed by atoms with Crippen molar-refractivity contribution in [1.82, 2.24) is 0 Å². The van der Waals surface area contributed by atoms with Crippen LogP contribution in [0, 0.1) is 5.82 Å². The first-order chi connectivity index (χ1) is 10.3. The fraction of sp³-hybridized carbons (Fsp3) is 0.200. The number of benzene rings is 2. The first kappa shape index (κ1) is 16.1. The summed E-state index contributed by atoms with van der Waals surface area (Å²) in [5.74, 6) is -0.658. The van der Waals surface area contributed by atoms with Crippen molar-refractivity contribution >= 4 is 0 Å². The molecule has 0 unspecified atom stereocenters. The van der Waals surface area contributed by atoms with Crippen LogP contribution in [0.4, 0.5) is 17.6 Å². The number of halogens is 4. The van der Waals surface area contributed by atoms with Crippen LogP contribution < -0.4 is 15.2 Å². The molecule has 0 spiro atoms. The van der Waals surface area contributed by atoms with Crippen molar-refractivity contribution in [3.8, 4) is 11.5 Å². The van der Waals surface area contributed by atoms with Gasteiger partial charge in [0, 0.05) is 0 Å². The Hall–Kier alpha value is -2.28. The Kier molecular flexibility index (Phi) is 4.56. The zero-order valence-electron chi connectivity index (χ0n) is 11.5. The number of alkyl halides is 3. The molecule has 0 heterocycles. The largest absolute Gasteiger partial charge is 0.573 e. The second-order valence-corrected chi connectivity index (χ2v) is 4.45. The highest BCUT2D eigenvalue weighted by Crippen LogP contribution is 2.32. The van der Waals surface area contributed by atoms with Crippen LogP contribution in [0.5, 0.6) is 11.5 Å². The minimum atomic E-state index is -4.77. The minimum absolute atomic E-state index is 0.134. The predicted molar refractivity (Wildman–Crippen MR) is 72.1 cm³/mol. The van der Waals surface area contributed by atoms with E-state index in [0.29, 0.717) is 5.56 Å². The molecular weight excluding hydrogens is 302 g/mol. The standard InChI is InChI=1S/C15H13F4NO2/c1-21-12-4-2-3-11(16)13(12)14(20)9-5-7-10(8-6-9)22-15(17,18)19/h2-8,14H,20H2,1H3/t14-/m1/s1. The van der Waals surface area contributed by atoms with Crippen molar-refractivity contribution in [3.05, 3.63) is 59.4 Å². The molecule has 1 atom stereocenters. The zero-order valence-corrected chi connectivity index (χ0v) is 11.5. The van der Waals surface area contributed by atoms with Gasteiger partial charge in [0.15, 0.2) is 0 Å². The molecule has 0 saturated carbocycles. The van der Waals surface area contributed by atoms with Gasteiger partial charge >= 0.3 is 6.36 Å². The lowest BCUT2D eigenvalue weighted by molar-refractivity contribution is -0.274. The summed E-state index contributed by atoms with van der Waals surface area (Å²) >= 11 is 0. The maximum Gasteiger partial charge on any atom is 0.573 e. The van der Waals surface area contributed by atoms with Gasteiger partial charge in [0.1, 0.15) is 17.3 Å². The van der Waals surface area contributed by atoms with E-state index in [-0.39, 0.29) is 17.1 Å². The molecule has 2 aromatic carbocycles. The third kappa shape index (κ3) is 3.67. The molecule has 0 aromatic heterocycles. The van der Waals surface area contributed by atoms with Gasteiger partial charge in [-0.15, -0.1) is 13.2 Å². The van der Waals surface area contributed by atoms with Crippen LogP contribution in [0.25, 0.3) is 0 Å². The maximum atomic E-state index is 13.9. The summed E-state index contributed by atoms with van der Waals surface area (Å²) < 4.78 is 59.1. The van der Waals surface area contributed by atoms with Crippen LogP contribution in [0.15, 0.2) is 42.5 Å². The normalized spacial score (nSPS) is 12.8. The van der Waals surface area contributed by atoms with E-state index in [1.54, 1.807) is 6.07 Å². The molecule has 0 bridgehead atoms. The first-order valence-electron chi connectivity index (χ1n) is 6.25. The monoisotopic (exact) mass is 315 g/mol. The summed E-state index contributed by atoms with van der Waals surface area (Å²) in [5, 5.41) is 0. The molecule has 0 aliphatic heterocycles. The van der Waals surface area contributed by atoms with Crippen LogP contribution >= 0.6 is 0 Å². The van der Waals surface area contributed by atoms with Crippen LogP contribution in [0.1, 0.15) is 17.2 Å². The van der Waals surface area contributed by atoms with E-state index in [9.17, 15) is 17.6 Å². The van der Waals surface area contributed by atoms with Crippen molar-refractivity contribution in [2.45, 2.75) is 12.4 Å². The number of ether oxygens (including phenoxy) is 2. The molecule has 0 saturated heterocycles. The van der Waals surface area contributed by atoms with Gasteiger partial charge in [-0.3, -0.25) is 0 Å². The SMILES string of the molecule is COc1cccc(F)c1[C@H](N)c1ccc(OC(F)(F)F)cc1. The van der Waals surface area contributed by atoms with Crippen LogP contribution in [0.3, 0.4) is 0 Å². The molecule has 0 fully saturated rings. The van der Waals surface area contributed by atoms with E-state index < -0.39 is 18.2 Å². The summed E-state index contributed by atoms with van der Waals surface area (Å²) in [6.45, 7) is 0. The Morgan fingerprint density at radius 3 is 2.23 bits per heavy atom. The van der Waals surface area contributed by atoms with E-state index >= 15 is 0 Å². The maximum absolute atomic E-state index is 13.9. The summed E-state index contributed by atoms with van der Waals surface area (Å²) in [5.41, 5.74) is 6.55. The molecule has 118 valence electrons. The van der Waals surface area contributed by atoms with Crippen molar-refractivity contribution in [2.75, 3.05) is 7.11 Å². The molecule has 2 rings (SSSR count). The highest BCUT2D eigenvalue weighted by molar-refractivity contribution is 5.43. The van der Waals surface area contributed by atoms with Gasteiger partial charge in [0.25, 0.3) is 0 Å². The Morgan fingerprint density at radius 1 is 1.05 bits per heavy atom. The summed E-state index contributed by atoms with van der Waals surface area (Å²) in [7, 11) is 1.38. The second kappa shape index (κ2) is 6.23.